The van der Waals surface area contributed by atoms with Crippen molar-refractivity contribution in [2.45, 2.75) is 13.0 Å². The lowest BCUT2D eigenvalue weighted by Crippen LogP contribution is -2.22. The van der Waals surface area contributed by atoms with Gasteiger partial charge in [0.25, 0.3) is 0 Å². The van der Waals surface area contributed by atoms with E-state index in [9.17, 15) is 4.79 Å². The van der Waals surface area contributed by atoms with Gasteiger partial charge in [-0.05, 0) is 18.6 Å². The molecular formula is C10H14N2O3. The van der Waals surface area contributed by atoms with Crippen molar-refractivity contribution in [3.05, 3.63) is 23.4 Å². The van der Waals surface area contributed by atoms with Gasteiger partial charge in [0.1, 0.15) is 6.04 Å². The van der Waals surface area contributed by atoms with Crippen molar-refractivity contribution in [2.24, 2.45) is 5.73 Å². The van der Waals surface area contributed by atoms with Crippen LogP contribution in [0.15, 0.2) is 12.1 Å². The number of nitrogens with zero attached hydrogens (tertiary/aromatic N) is 1. The van der Waals surface area contributed by atoms with E-state index in [1.165, 1.54) is 14.2 Å². The van der Waals surface area contributed by atoms with Gasteiger partial charge in [0.2, 0.25) is 5.88 Å². The van der Waals surface area contributed by atoms with Crippen molar-refractivity contribution >= 4 is 5.97 Å². The van der Waals surface area contributed by atoms with Gasteiger partial charge in [-0.25, -0.2) is 4.98 Å². The van der Waals surface area contributed by atoms with Crippen molar-refractivity contribution in [2.75, 3.05) is 14.2 Å². The average molecular weight is 210 g/mol. The number of methoxy groups -OCH3 is 2. The fraction of sp³-hybridized carbons (Fsp3) is 0.400. The summed E-state index contributed by atoms with van der Waals surface area (Å²) < 4.78 is 9.54. The second-order valence-corrected chi connectivity index (χ2v) is 3.09. The molecule has 0 amide bonds. The molecule has 1 atom stereocenters. The molecule has 0 fully saturated rings. The molecule has 1 unspecified atom stereocenters. The van der Waals surface area contributed by atoms with E-state index in [2.05, 4.69) is 9.72 Å². The zero-order chi connectivity index (χ0) is 11.4. The van der Waals surface area contributed by atoms with E-state index >= 15 is 0 Å². The van der Waals surface area contributed by atoms with Crippen molar-refractivity contribution in [1.82, 2.24) is 4.98 Å². The van der Waals surface area contributed by atoms with Crippen LogP contribution in [0.2, 0.25) is 0 Å². The zero-order valence-electron chi connectivity index (χ0n) is 8.98. The molecule has 1 aromatic heterocycles. The molecule has 2 N–H and O–H groups in total. The van der Waals surface area contributed by atoms with E-state index in [1.807, 2.05) is 0 Å². The summed E-state index contributed by atoms with van der Waals surface area (Å²) in [6, 6.07) is 2.55. The number of aryl methyl sites for hydroxylation is 1. The molecule has 0 aliphatic heterocycles. The minimum atomic E-state index is -0.800. The van der Waals surface area contributed by atoms with Gasteiger partial charge in [-0.15, -0.1) is 0 Å². The Morgan fingerprint density at radius 3 is 2.67 bits per heavy atom. The number of rotatable bonds is 3. The maximum absolute atomic E-state index is 11.2. The third-order valence-corrected chi connectivity index (χ3v) is 1.98. The maximum atomic E-state index is 11.2. The number of esters is 1. The molecular weight excluding hydrogens is 196 g/mol. The van der Waals surface area contributed by atoms with Crippen LogP contribution in [0.4, 0.5) is 0 Å². The van der Waals surface area contributed by atoms with Gasteiger partial charge >= 0.3 is 5.97 Å². The smallest absolute Gasteiger partial charge is 0.327 e. The Kier molecular flexibility index (Phi) is 3.62. The normalized spacial score (nSPS) is 12.0. The number of nitrogens with two attached hydrogens (primary N) is 1. The van der Waals surface area contributed by atoms with Crippen molar-refractivity contribution in [3.63, 3.8) is 0 Å². The summed E-state index contributed by atoms with van der Waals surface area (Å²) in [5, 5.41) is 0. The summed E-state index contributed by atoms with van der Waals surface area (Å²) in [6.07, 6.45) is 0. The van der Waals surface area contributed by atoms with Crippen molar-refractivity contribution < 1.29 is 14.3 Å². The third kappa shape index (κ3) is 2.66. The largest absolute Gasteiger partial charge is 0.481 e. The highest BCUT2D eigenvalue weighted by Crippen LogP contribution is 2.17. The molecule has 15 heavy (non-hydrogen) atoms. The van der Waals surface area contributed by atoms with Crippen LogP contribution in [0.3, 0.4) is 0 Å². The summed E-state index contributed by atoms with van der Waals surface area (Å²) in [5.41, 5.74) is 7.05. The van der Waals surface area contributed by atoms with Gasteiger partial charge in [0.15, 0.2) is 0 Å². The first-order valence-electron chi connectivity index (χ1n) is 4.44. The number of pyridine rings is 1. The number of aromatic nitrogens is 1. The Morgan fingerprint density at radius 1 is 1.47 bits per heavy atom. The Labute approximate surface area is 88.2 Å². The van der Waals surface area contributed by atoms with E-state index in [1.54, 1.807) is 19.1 Å². The minimum Gasteiger partial charge on any atom is -0.481 e. The molecule has 0 aliphatic rings. The van der Waals surface area contributed by atoms with Crippen LogP contribution >= 0.6 is 0 Å². The summed E-state index contributed by atoms with van der Waals surface area (Å²) in [7, 11) is 2.81. The number of ether oxygens (including phenoxy) is 2. The summed E-state index contributed by atoms with van der Waals surface area (Å²) in [4.78, 5) is 15.3. The molecule has 5 heteroatoms. The van der Waals surface area contributed by atoms with Crippen LogP contribution in [0.1, 0.15) is 17.3 Å². The zero-order valence-corrected chi connectivity index (χ0v) is 8.98. The fourth-order valence-corrected chi connectivity index (χ4v) is 1.21. The monoisotopic (exact) mass is 210 g/mol. The van der Waals surface area contributed by atoms with Crippen LogP contribution in [0.5, 0.6) is 5.88 Å². The van der Waals surface area contributed by atoms with Gasteiger partial charge < -0.3 is 15.2 Å². The lowest BCUT2D eigenvalue weighted by atomic mass is 10.1. The first-order chi connectivity index (χ1) is 7.08. The second kappa shape index (κ2) is 4.75. The van der Waals surface area contributed by atoms with Crippen molar-refractivity contribution in [3.8, 4) is 5.88 Å². The van der Waals surface area contributed by atoms with E-state index in [0.717, 1.165) is 5.69 Å². The predicted octanol–water partition coefficient (Wildman–Crippen LogP) is 0.571. The lowest BCUT2D eigenvalue weighted by Gasteiger charge is -2.11. The molecule has 0 bridgehead atoms. The maximum Gasteiger partial charge on any atom is 0.327 e. The van der Waals surface area contributed by atoms with Crippen LogP contribution in [0, 0.1) is 6.92 Å². The van der Waals surface area contributed by atoms with Gasteiger partial charge in [-0.1, -0.05) is 0 Å². The van der Waals surface area contributed by atoms with Crippen LogP contribution in [0.25, 0.3) is 0 Å². The molecule has 0 radical (unpaired) electrons. The Hall–Kier alpha value is -1.62. The Bertz CT molecular complexity index is 366. The van der Waals surface area contributed by atoms with Gasteiger partial charge in [0, 0.05) is 11.8 Å². The van der Waals surface area contributed by atoms with Gasteiger partial charge in [-0.2, -0.15) is 0 Å². The fourth-order valence-electron chi connectivity index (χ4n) is 1.21. The topological polar surface area (TPSA) is 74.4 Å². The van der Waals surface area contributed by atoms with Crippen molar-refractivity contribution in [1.29, 1.82) is 0 Å². The molecule has 0 aromatic carbocycles. The minimum absolute atomic E-state index is 0.435. The molecule has 1 rings (SSSR count). The number of hydrogen-bond donors (Lipinski definition) is 1. The van der Waals surface area contributed by atoms with E-state index in [-0.39, 0.29) is 0 Å². The number of carbonyl (C=O) groups excluding carboxylic acids is 1. The van der Waals surface area contributed by atoms with Gasteiger partial charge in [0.05, 0.1) is 14.2 Å². The Balaban J connectivity index is 3.03. The van der Waals surface area contributed by atoms with Crippen LogP contribution < -0.4 is 10.5 Å². The molecule has 82 valence electrons. The quantitative estimate of drug-likeness (QED) is 0.738. The highest BCUT2D eigenvalue weighted by molar-refractivity contribution is 5.77. The van der Waals surface area contributed by atoms with Crippen LogP contribution in [-0.2, 0) is 9.53 Å². The summed E-state index contributed by atoms with van der Waals surface area (Å²) in [5.74, 6) is -0.0491. The molecule has 0 spiro atoms. The SMILES string of the molecule is COC(=O)C(N)c1cc(C)nc(OC)c1. The average Bonchev–Trinajstić information content (AvgIpc) is 2.26. The summed E-state index contributed by atoms with van der Waals surface area (Å²) in [6.45, 7) is 1.80. The standard InChI is InChI=1S/C10H14N2O3/c1-6-4-7(5-8(12-6)14-2)9(11)10(13)15-3/h4-5,9H,11H2,1-3H3. The molecule has 1 heterocycles. The first-order valence-corrected chi connectivity index (χ1v) is 4.44. The lowest BCUT2D eigenvalue weighted by molar-refractivity contribution is -0.142. The molecule has 1 aromatic rings. The van der Waals surface area contributed by atoms with Gasteiger partial charge in [-0.3, -0.25) is 4.79 Å². The van der Waals surface area contributed by atoms with Crippen LogP contribution in [-0.4, -0.2) is 25.2 Å². The highest BCUT2D eigenvalue weighted by atomic mass is 16.5. The van der Waals surface area contributed by atoms with E-state index in [4.69, 9.17) is 10.5 Å². The third-order valence-electron chi connectivity index (χ3n) is 1.98. The predicted molar refractivity (Wildman–Crippen MR) is 54.5 cm³/mol. The molecule has 0 saturated heterocycles. The number of hydrogen-bond acceptors (Lipinski definition) is 5. The first kappa shape index (κ1) is 11.5. The van der Waals surface area contributed by atoms with E-state index < -0.39 is 12.0 Å². The highest BCUT2D eigenvalue weighted by Gasteiger charge is 2.17. The Morgan fingerprint density at radius 2 is 2.13 bits per heavy atom. The molecule has 0 aliphatic carbocycles. The summed E-state index contributed by atoms with van der Waals surface area (Å²) >= 11 is 0. The second-order valence-electron chi connectivity index (χ2n) is 3.09. The molecule has 0 saturated carbocycles. The van der Waals surface area contributed by atoms with E-state index in [0.29, 0.717) is 11.4 Å². The number of carbonyl (C=O) groups is 1. The molecule has 5 nitrogen and oxygen atoms in total.